The van der Waals surface area contributed by atoms with Crippen molar-refractivity contribution in [2.24, 2.45) is 0 Å². The molecule has 2 amide bonds. The van der Waals surface area contributed by atoms with Gasteiger partial charge in [0, 0.05) is 19.8 Å². The molecule has 1 rings (SSSR count). The zero-order valence-corrected chi connectivity index (χ0v) is 18.2. The van der Waals surface area contributed by atoms with Crippen molar-refractivity contribution in [1.29, 1.82) is 0 Å². The smallest absolute Gasteiger partial charge is 0.348 e. The van der Waals surface area contributed by atoms with Crippen LogP contribution in [0.15, 0.2) is 0 Å². The largest absolute Gasteiger partial charge is 0.460 e. The van der Waals surface area contributed by atoms with Gasteiger partial charge in [0.2, 0.25) is 17.9 Å². The summed E-state index contributed by atoms with van der Waals surface area (Å²) in [5.41, 5.74) is -0.857. The summed E-state index contributed by atoms with van der Waals surface area (Å²) in [6, 6.07) is 0. The third-order valence-corrected chi connectivity index (χ3v) is 3.90. The van der Waals surface area contributed by atoms with Crippen molar-refractivity contribution in [3.05, 3.63) is 0 Å². The van der Waals surface area contributed by atoms with E-state index in [1.165, 1.54) is 0 Å². The maximum atomic E-state index is 12.5. The van der Waals surface area contributed by atoms with Crippen LogP contribution in [-0.2, 0) is 47.8 Å². The molecule has 2 atom stereocenters. The van der Waals surface area contributed by atoms with Crippen LogP contribution in [0.5, 0.6) is 0 Å². The molecule has 1 aliphatic heterocycles. The summed E-state index contributed by atoms with van der Waals surface area (Å²) in [4.78, 5) is 84.1. The number of carbonyl (C=O) groups excluding carboxylic acids is 7. The molecule has 0 N–H and O–H groups in total. The standard InChI is InChI=1S/C20H27NO10/c1-11(22)8-14(13(24)10-21-16(25)6-7-17(21)26)30-19(28)15(29-12(2)23)9-18(27)31-20(3,4)5/h14-15H,6-10H2,1-5H3/t14-,15-/m0/s1. The molecule has 0 aromatic carbocycles. The molecule has 0 radical (unpaired) electrons. The van der Waals surface area contributed by atoms with E-state index in [1.807, 2.05) is 0 Å². The van der Waals surface area contributed by atoms with E-state index < -0.39 is 78.5 Å². The summed E-state index contributed by atoms with van der Waals surface area (Å²) >= 11 is 0. The van der Waals surface area contributed by atoms with Crippen molar-refractivity contribution in [2.45, 2.75) is 78.1 Å². The number of likely N-dealkylation sites (tertiary alicyclic amines) is 1. The third kappa shape index (κ3) is 9.06. The highest BCUT2D eigenvalue weighted by atomic mass is 16.6. The van der Waals surface area contributed by atoms with Crippen LogP contribution in [0.4, 0.5) is 0 Å². The van der Waals surface area contributed by atoms with Gasteiger partial charge in [-0.25, -0.2) is 4.79 Å². The van der Waals surface area contributed by atoms with E-state index in [2.05, 4.69) is 0 Å². The molecule has 0 unspecified atom stereocenters. The zero-order valence-electron chi connectivity index (χ0n) is 18.2. The quantitative estimate of drug-likeness (QED) is 0.262. The van der Waals surface area contributed by atoms with E-state index in [4.69, 9.17) is 14.2 Å². The fourth-order valence-corrected chi connectivity index (χ4v) is 2.66. The van der Waals surface area contributed by atoms with Crippen molar-refractivity contribution in [2.75, 3.05) is 6.54 Å². The molecule has 11 heteroatoms. The summed E-state index contributed by atoms with van der Waals surface area (Å²) in [7, 11) is 0. The van der Waals surface area contributed by atoms with Crippen LogP contribution < -0.4 is 0 Å². The first kappa shape index (κ1) is 25.9. The minimum Gasteiger partial charge on any atom is -0.460 e. The molecule has 0 saturated carbocycles. The predicted molar refractivity (Wildman–Crippen MR) is 102 cm³/mol. The summed E-state index contributed by atoms with van der Waals surface area (Å²) in [5, 5.41) is 0. The SMILES string of the molecule is CC(=O)C[C@H](OC(=O)[C@H](CC(=O)OC(C)(C)C)OC(C)=O)C(=O)CN1C(=O)CCC1=O. The Kier molecular flexibility index (Phi) is 9.02. The Morgan fingerprint density at radius 3 is 1.90 bits per heavy atom. The highest BCUT2D eigenvalue weighted by molar-refractivity contribution is 6.05. The van der Waals surface area contributed by atoms with Crippen LogP contribution in [0.3, 0.4) is 0 Å². The average molecular weight is 441 g/mol. The van der Waals surface area contributed by atoms with Crippen molar-refractivity contribution in [1.82, 2.24) is 4.90 Å². The van der Waals surface area contributed by atoms with Gasteiger partial charge in [0.15, 0.2) is 11.9 Å². The van der Waals surface area contributed by atoms with E-state index in [-0.39, 0.29) is 12.8 Å². The molecule has 1 aliphatic rings. The number of hydrogen-bond acceptors (Lipinski definition) is 10. The Hall–Kier alpha value is -3.11. The predicted octanol–water partition coefficient (Wildman–Crippen LogP) is 0.259. The molecule has 1 saturated heterocycles. The molecular formula is C20H27NO10. The lowest BCUT2D eigenvalue weighted by molar-refractivity contribution is -0.178. The normalized spacial score (nSPS) is 15.8. The number of ether oxygens (including phenoxy) is 3. The second-order valence-electron chi connectivity index (χ2n) is 8.06. The number of nitrogens with zero attached hydrogens (tertiary/aromatic N) is 1. The summed E-state index contributed by atoms with van der Waals surface area (Å²) in [6.45, 7) is 6.32. The van der Waals surface area contributed by atoms with Crippen LogP contribution in [0.1, 0.15) is 60.3 Å². The number of amides is 2. The maximum Gasteiger partial charge on any atom is 0.348 e. The number of imide groups is 1. The second kappa shape index (κ2) is 10.8. The number of rotatable bonds is 10. The lowest BCUT2D eigenvalue weighted by atomic mass is 10.1. The number of hydrogen-bond donors (Lipinski definition) is 0. The maximum absolute atomic E-state index is 12.5. The molecule has 0 aliphatic carbocycles. The molecule has 0 aromatic rings. The molecule has 0 aromatic heterocycles. The summed E-state index contributed by atoms with van der Waals surface area (Å²) < 4.78 is 15.0. The number of carbonyl (C=O) groups is 7. The highest BCUT2D eigenvalue weighted by Crippen LogP contribution is 2.16. The van der Waals surface area contributed by atoms with E-state index in [0.29, 0.717) is 0 Å². The van der Waals surface area contributed by atoms with Gasteiger partial charge < -0.3 is 14.2 Å². The topological polar surface area (TPSA) is 150 Å². The van der Waals surface area contributed by atoms with Gasteiger partial charge in [-0.15, -0.1) is 0 Å². The van der Waals surface area contributed by atoms with Gasteiger partial charge in [-0.1, -0.05) is 0 Å². The first-order valence-electron chi connectivity index (χ1n) is 9.64. The van der Waals surface area contributed by atoms with Crippen LogP contribution in [0.2, 0.25) is 0 Å². The molecular weight excluding hydrogens is 414 g/mol. The van der Waals surface area contributed by atoms with Gasteiger partial charge in [0.05, 0.1) is 19.4 Å². The first-order valence-corrected chi connectivity index (χ1v) is 9.64. The number of Topliss-reactive ketones (excluding diaryl/α,β-unsaturated/α-hetero) is 2. The van der Waals surface area contributed by atoms with Gasteiger partial charge in [-0.05, 0) is 27.7 Å². The van der Waals surface area contributed by atoms with Crippen molar-refractivity contribution in [3.63, 3.8) is 0 Å². The monoisotopic (exact) mass is 441 g/mol. The Labute approximate surface area is 179 Å². The van der Waals surface area contributed by atoms with Crippen LogP contribution in [-0.4, -0.2) is 70.5 Å². The average Bonchev–Trinajstić information content (AvgIpc) is 2.90. The van der Waals surface area contributed by atoms with Gasteiger partial charge in [0.1, 0.15) is 11.4 Å². The summed E-state index contributed by atoms with van der Waals surface area (Å²) in [5.74, 6) is -5.42. The minimum atomic E-state index is -1.70. The second-order valence-corrected chi connectivity index (χ2v) is 8.06. The van der Waals surface area contributed by atoms with E-state index in [9.17, 15) is 33.6 Å². The minimum absolute atomic E-state index is 0.0340. The molecule has 0 bridgehead atoms. The molecule has 31 heavy (non-hydrogen) atoms. The third-order valence-electron chi connectivity index (χ3n) is 3.90. The fourth-order valence-electron chi connectivity index (χ4n) is 2.66. The van der Waals surface area contributed by atoms with Gasteiger partial charge in [-0.2, -0.15) is 0 Å². The zero-order chi connectivity index (χ0) is 23.9. The molecule has 1 heterocycles. The van der Waals surface area contributed by atoms with Crippen molar-refractivity contribution < 1.29 is 47.8 Å². The fraction of sp³-hybridized carbons (Fsp3) is 0.650. The lowest BCUT2D eigenvalue weighted by Crippen LogP contribution is -2.43. The Morgan fingerprint density at radius 2 is 1.45 bits per heavy atom. The van der Waals surface area contributed by atoms with Gasteiger partial charge in [0.25, 0.3) is 0 Å². The van der Waals surface area contributed by atoms with Crippen molar-refractivity contribution in [3.8, 4) is 0 Å². The van der Waals surface area contributed by atoms with Crippen LogP contribution in [0.25, 0.3) is 0 Å². The highest BCUT2D eigenvalue weighted by Gasteiger charge is 2.36. The van der Waals surface area contributed by atoms with Gasteiger partial charge >= 0.3 is 17.9 Å². The molecule has 0 spiro atoms. The molecule has 1 fully saturated rings. The van der Waals surface area contributed by atoms with E-state index in [0.717, 1.165) is 18.7 Å². The number of esters is 3. The van der Waals surface area contributed by atoms with Crippen LogP contribution in [0, 0.1) is 0 Å². The van der Waals surface area contributed by atoms with E-state index in [1.54, 1.807) is 20.8 Å². The molecule has 172 valence electrons. The van der Waals surface area contributed by atoms with Crippen molar-refractivity contribution >= 4 is 41.3 Å². The van der Waals surface area contributed by atoms with Gasteiger partial charge in [-0.3, -0.25) is 33.7 Å². The Bertz CT molecular complexity index is 763. The first-order chi connectivity index (χ1) is 14.2. The van der Waals surface area contributed by atoms with E-state index >= 15 is 0 Å². The Morgan fingerprint density at radius 1 is 0.903 bits per heavy atom. The lowest BCUT2D eigenvalue weighted by Gasteiger charge is -2.23. The summed E-state index contributed by atoms with van der Waals surface area (Å²) in [6.07, 6.45) is -4.58. The number of ketones is 2. The van der Waals surface area contributed by atoms with Crippen LogP contribution >= 0.6 is 0 Å². The molecule has 11 nitrogen and oxygen atoms in total. The Balaban J connectivity index is 2.93.